The van der Waals surface area contributed by atoms with Gasteiger partial charge in [0.05, 0.1) is 6.33 Å². The van der Waals surface area contributed by atoms with E-state index in [1.165, 1.54) is 17.9 Å². The van der Waals surface area contributed by atoms with E-state index in [4.69, 9.17) is 4.52 Å². The highest BCUT2D eigenvalue weighted by Crippen LogP contribution is 2.08. The van der Waals surface area contributed by atoms with Crippen molar-refractivity contribution in [1.82, 2.24) is 28.8 Å². The number of hydrogen-bond acceptors (Lipinski definition) is 6. The lowest BCUT2D eigenvalue weighted by Crippen LogP contribution is -2.37. The van der Waals surface area contributed by atoms with Crippen LogP contribution in [-0.4, -0.2) is 28.8 Å². The fourth-order valence-corrected chi connectivity index (χ4v) is 2.16. The minimum Gasteiger partial charge on any atom is -0.337 e. The molecule has 21 heavy (non-hydrogen) atoms. The Morgan fingerprint density at radius 1 is 1.24 bits per heavy atom. The van der Waals surface area contributed by atoms with Gasteiger partial charge in [-0.15, -0.1) is 0 Å². The van der Waals surface area contributed by atoms with E-state index in [1.54, 1.807) is 11.6 Å². The first kappa shape index (κ1) is 13.3. The SMILES string of the molecule is CCc1noc(Cn2cnc3c2c(=O)n(C)c(=O)n3C)n1. The van der Waals surface area contributed by atoms with Gasteiger partial charge < -0.3 is 9.09 Å². The highest BCUT2D eigenvalue weighted by atomic mass is 16.5. The van der Waals surface area contributed by atoms with Gasteiger partial charge in [0.1, 0.15) is 6.54 Å². The molecule has 110 valence electrons. The molecule has 0 saturated carbocycles. The van der Waals surface area contributed by atoms with Crippen molar-refractivity contribution in [2.75, 3.05) is 0 Å². The van der Waals surface area contributed by atoms with E-state index in [2.05, 4.69) is 15.1 Å². The first-order valence-electron chi connectivity index (χ1n) is 6.45. The van der Waals surface area contributed by atoms with Crippen LogP contribution in [0.15, 0.2) is 20.4 Å². The van der Waals surface area contributed by atoms with Gasteiger partial charge in [0, 0.05) is 20.5 Å². The molecular weight excluding hydrogens is 276 g/mol. The maximum absolute atomic E-state index is 12.3. The van der Waals surface area contributed by atoms with E-state index >= 15 is 0 Å². The number of aryl methyl sites for hydroxylation is 2. The highest BCUT2D eigenvalue weighted by molar-refractivity contribution is 5.70. The molecule has 9 heteroatoms. The molecule has 0 aliphatic carbocycles. The van der Waals surface area contributed by atoms with Crippen molar-refractivity contribution < 1.29 is 4.52 Å². The number of aromatic nitrogens is 6. The van der Waals surface area contributed by atoms with E-state index < -0.39 is 11.2 Å². The van der Waals surface area contributed by atoms with Crippen LogP contribution in [0.4, 0.5) is 0 Å². The smallest absolute Gasteiger partial charge is 0.332 e. The first-order chi connectivity index (χ1) is 10.0. The number of hydrogen-bond donors (Lipinski definition) is 0. The quantitative estimate of drug-likeness (QED) is 0.640. The number of rotatable bonds is 3. The van der Waals surface area contributed by atoms with E-state index in [1.807, 2.05) is 6.92 Å². The number of nitrogens with zero attached hydrogens (tertiary/aromatic N) is 6. The largest absolute Gasteiger partial charge is 0.337 e. The van der Waals surface area contributed by atoms with Gasteiger partial charge in [0.2, 0.25) is 5.89 Å². The molecule has 0 aliphatic rings. The van der Waals surface area contributed by atoms with Gasteiger partial charge in [-0.1, -0.05) is 12.1 Å². The molecule has 0 amide bonds. The molecule has 3 aromatic rings. The van der Waals surface area contributed by atoms with E-state index in [0.29, 0.717) is 29.3 Å². The fourth-order valence-electron chi connectivity index (χ4n) is 2.16. The summed E-state index contributed by atoms with van der Waals surface area (Å²) in [6.07, 6.45) is 2.16. The Kier molecular flexibility index (Phi) is 2.96. The lowest BCUT2D eigenvalue weighted by Gasteiger charge is -2.04. The summed E-state index contributed by atoms with van der Waals surface area (Å²) in [4.78, 5) is 32.4. The van der Waals surface area contributed by atoms with Crippen molar-refractivity contribution >= 4 is 11.2 Å². The van der Waals surface area contributed by atoms with Crippen molar-refractivity contribution in [2.45, 2.75) is 19.9 Å². The van der Waals surface area contributed by atoms with Crippen LogP contribution < -0.4 is 11.2 Å². The van der Waals surface area contributed by atoms with Crippen molar-refractivity contribution in [3.8, 4) is 0 Å². The third-order valence-corrected chi connectivity index (χ3v) is 3.35. The summed E-state index contributed by atoms with van der Waals surface area (Å²) in [5.74, 6) is 0.997. The van der Waals surface area contributed by atoms with Crippen LogP contribution in [0.1, 0.15) is 18.6 Å². The van der Waals surface area contributed by atoms with Gasteiger partial charge in [-0.2, -0.15) is 4.98 Å². The summed E-state index contributed by atoms with van der Waals surface area (Å²) in [6.45, 7) is 2.16. The fraction of sp³-hybridized carbons (Fsp3) is 0.417. The second kappa shape index (κ2) is 4.69. The van der Waals surface area contributed by atoms with Gasteiger partial charge in [0.25, 0.3) is 5.56 Å². The van der Waals surface area contributed by atoms with Crippen LogP contribution in [0.25, 0.3) is 11.2 Å². The molecule has 0 radical (unpaired) electrons. The Morgan fingerprint density at radius 3 is 2.67 bits per heavy atom. The van der Waals surface area contributed by atoms with Gasteiger partial charge in [-0.05, 0) is 0 Å². The van der Waals surface area contributed by atoms with Gasteiger partial charge in [-0.3, -0.25) is 13.9 Å². The Morgan fingerprint density at radius 2 is 2.00 bits per heavy atom. The minimum atomic E-state index is -0.413. The lowest BCUT2D eigenvalue weighted by atomic mass is 10.4. The molecule has 0 spiro atoms. The third-order valence-electron chi connectivity index (χ3n) is 3.35. The zero-order valence-corrected chi connectivity index (χ0v) is 11.9. The maximum Gasteiger partial charge on any atom is 0.332 e. The second-order valence-corrected chi connectivity index (χ2v) is 4.71. The maximum atomic E-state index is 12.3. The predicted molar refractivity (Wildman–Crippen MR) is 73.0 cm³/mol. The van der Waals surface area contributed by atoms with E-state index in [9.17, 15) is 9.59 Å². The van der Waals surface area contributed by atoms with Crippen molar-refractivity contribution in [3.63, 3.8) is 0 Å². The standard InChI is InChI=1S/C12H14N6O3/c1-4-7-14-8(21-15-7)5-18-6-13-10-9(18)11(19)17(3)12(20)16(10)2/h6H,4-5H2,1-3H3. The van der Waals surface area contributed by atoms with E-state index in [0.717, 1.165) is 4.57 Å². The molecule has 0 N–H and O–H groups in total. The van der Waals surface area contributed by atoms with Crippen LogP contribution in [-0.2, 0) is 27.1 Å². The Labute approximate surface area is 118 Å². The Hall–Kier alpha value is -2.71. The van der Waals surface area contributed by atoms with Crippen LogP contribution in [0.3, 0.4) is 0 Å². The molecule has 0 saturated heterocycles. The van der Waals surface area contributed by atoms with Crippen molar-refractivity contribution in [3.05, 3.63) is 38.9 Å². The molecule has 0 unspecified atom stereocenters. The zero-order chi connectivity index (χ0) is 15.1. The number of imidazole rings is 1. The average Bonchev–Trinajstić information content (AvgIpc) is 3.10. The molecule has 0 atom stereocenters. The van der Waals surface area contributed by atoms with Gasteiger partial charge in [0.15, 0.2) is 17.0 Å². The monoisotopic (exact) mass is 290 g/mol. The normalized spacial score (nSPS) is 11.4. The Balaban J connectivity index is 2.16. The summed E-state index contributed by atoms with van der Waals surface area (Å²) in [5, 5.41) is 3.81. The van der Waals surface area contributed by atoms with Crippen LogP contribution in [0.5, 0.6) is 0 Å². The average molecular weight is 290 g/mol. The third kappa shape index (κ3) is 1.97. The zero-order valence-electron chi connectivity index (χ0n) is 11.9. The molecule has 3 rings (SSSR count). The van der Waals surface area contributed by atoms with Crippen LogP contribution >= 0.6 is 0 Å². The summed E-state index contributed by atoms with van der Waals surface area (Å²) < 4.78 is 9.10. The summed E-state index contributed by atoms with van der Waals surface area (Å²) in [5.41, 5.74) is -0.154. The topological polar surface area (TPSA) is 101 Å². The molecular formula is C12H14N6O3. The molecule has 0 fully saturated rings. The number of fused-ring (bicyclic) bond motifs is 1. The molecule has 3 heterocycles. The highest BCUT2D eigenvalue weighted by Gasteiger charge is 2.16. The van der Waals surface area contributed by atoms with Crippen LogP contribution in [0.2, 0.25) is 0 Å². The molecule has 3 aromatic heterocycles. The summed E-state index contributed by atoms with van der Waals surface area (Å²) in [7, 11) is 3.01. The minimum absolute atomic E-state index is 0.233. The van der Waals surface area contributed by atoms with Crippen molar-refractivity contribution in [2.24, 2.45) is 14.1 Å². The predicted octanol–water partition coefficient (Wildman–Crippen LogP) is -0.573. The van der Waals surface area contributed by atoms with E-state index in [-0.39, 0.29) is 6.54 Å². The lowest BCUT2D eigenvalue weighted by molar-refractivity contribution is 0.367. The first-order valence-corrected chi connectivity index (χ1v) is 6.45. The molecule has 0 bridgehead atoms. The van der Waals surface area contributed by atoms with Gasteiger partial charge in [-0.25, -0.2) is 9.78 Å². The molecule has 0 aliphatic heterocycles. The Bertz CT molecular complexity index is 929. The summed E-state index contributed by atoms with van der Waals surface area (Å²) >= 11 is 0. The molecule has 0 aromatic carbocycles. The van der Waals surface area contributed by atoms with Gasteiger partial charge >= 0.3 is 5.69 Å². The van der Waals surface area contributed by atoms with Crippen LogP contribution in [0, 0.1) is 0 Å². The molecule has 9 nitrogen and oxygen atoms in total. The second-order valence-electron chi connectivity index (χ2n) is 4.71. The van der Waals surface area contributed by atoms with Crippen molar-refractivity contribution in [1.29, 1.82) is 0 Å². The summed E-state index contributed by atoms with van der Waals surface area (Å²) in [6, 6.07) is 0.